The predicted molar refractivity (Wildman–Crippen MR) is 161 cm³/mol. The van der Waals surface area contributed by atoms with Crippen molar-refractivity contribution in [3.05, 3.63) is 66.4 Å². The third-order valence-electron chi connectivity index (χ3n) is 8.77. The normalized spacial score (nSPS) is 22.6. The summed E-state index contributed by atoms with van der Waals surface area (Å²) < 4.78 is 6.22. The van der Waals surface area contributed by atoms with Crippen molar-refractivity contribution in [2.24, 2.45) is 0 Å². The van der Waals surface area contributed by atoms with Crippen LogP contribution >= 0.6 is 0 Å². The molecule has 42 heavy (non-hydrogen) atoms. The van der Waals surface area contributed by atoms with Gasteiger partial charge in [-0.05, 0) is 37.4 Å². The highest BCUT2D eigenvalue weighted by molar-refractivity contribution is 5.94. The van der Waals surface area contributed by atoms with E-state index in [1.54, 1.807) is 4.90 Å². The molecule has 3 aliphatic rings. The van der Waals surface area contributed by atoms with Gasteiger partial charge >= 0.3 is 6.01 Å². The molecule has 10 heteroatoms. The highest BCUT2D eigenvalue weighted by Gasteiger charge is 2.34. The number of carbonyl (C=O) groups excluding carboxylic acids is 1. The number of piperazine rings is 1. The standard InChI is InChI=1S/C32H37N7O3/c1-3-30(41)39-16-15-38(18-23(39)11-13-33)31-27-12-14-37(29-10-6-8-22-7-4-5-9-26(22)29)20-28(27)34-32(35-31)42-21-24-17-25(40)19-36(24)2/h3-10,23-25,40H,1,11-12,14-21H2,2H3/t23-,24+,25-/m0/s1. The summed E-state index contributed by atoms with van der Waals surface area (Å²) in [5, 5.41) is 22.0. The molecule has 1 amide bonds. The lowest BCUT2D eigenvalue weighted by molar-refractivity contribution is -0.128. The number of aliphatic hydroxyl groups excluding tert-OH is 1. The Bertz CT molecular complexity index is 1520. The molecular formula is C32H37N7O3. The number of nitriles is 1. The topological polar surface area (TPSA) is 109 Å². The monoisotopic (exact) mass is 567 g/mol. The maximum absolute atomic E-state index is 12.5. The quantitative estimate of drug-likeness (QED) is 0.431. The number of fused-ring (bicyclic) bond motifs is 2. The van der Waals surface area contributed by atoms with E-state index in [9.17, 15) is 15.2 Å². The minimum atomic E-state index is -0.357. The molecule has 1 aromatic heterocycles. The number of ether oxygens (including phenoxy) is 1. The van der Waals surface area contributed by atoms with Crippen LogP contribution in [0.25, 0.3) is 10.8 Å². The zero-order valence-electron chi connectivity index (χ0n) is 24.0. The van der Waals surface area contributed by atoms with E-state index >= 15 is 0 Å². The summed E-state index contributed by atoms with van der Waals surface area (Å²) in [6.07, 6.45) is 2.61. The lowest BCUT2D eigenvalue weighted by atomic mass is 10.0. The fraction of sp³-hybridized carbons (Fsp3) is 0.438. The number of aliphatic hydroxyl groups is 1. The first-order valence-corrected chi connectivity index (χ1v) is 14.6. The fourth-order valence-electron chi connectivity index (χ4n) is 6.56. The minimum Gasteiger partial charge on any atom is -0.462 e. The molecule has 2 saturated heterocycles. The Morgan fingerprint density at radius 2 is 1.95 bits per heavy atom. The Hall–Kier alpha value is -4.20. The van der Waals surface area contributed by atoms with Gasteiger partial charge < -0.3 is 24.5 Å². The maximum Gasteiger partial charge on any atom is 0.318 e. The van der Waals surface area contributed by atoms with E-state index in [0.717, 1.165) is 30.0 Å². The van der Waals surface area contributed by atoms with Gasteiger partial charge in [0.15, 0.2) is 0 Å². The summed E-state index contributed by atoms with van der Waals surface area (Å²) in [6.45, 7) is 7.67. The first-order valence-electron chi connectivity index (χ1n) is 14.6. The molecule has 3 aliphatic heterocycles. The number of carbonyl (C=O) groups is 1. The van der Waals surface area contributed by atoms with Gasteiger partial charge in [-0.25, -0.2) is 0 Å². The molecule has 2 fully saturated rings. The molecule has 0 aliphatic carbocycles. The third-order valence-corrected chi connectivity index (χ3v) is 8.77. The van der Waals surface area contributed by atoms with Crippen molar-refractivity contribution in [1.82, 2.24) is 19.8 Å². The number of hydrogen-bond acceptors (Lipinski definition) is 9. The van der Waals surface area contributed by atoms with Gasteiger partial charge in [0.1, 0.15) is 12.4 Å². The summed E-state index contributed by atoms with van der Waals surface area (Å²) in [5.74, 6) is 0.665. The number of rotatable bonds is 7. The first kappa shape index (κ1) is 27.9. The van der Waals surface area contributed by atoms with Gasteiger partial charge in [0.25, 0.3) is 0 Å². The van der Waals surface area contributed by atoms with Gasteiger partial charge in [-0.3, -0.25) is 9.69 Å². The number of likely N-dealkylation sites (tertiary alicyclic amines) is 1. The lowest BCUT2D eigenvalue weighted by Crippen LogP contribution is -2.55. The van der Waals surface area contributed by atoms with Crippen molar-refractivity contribution in [1.29, 1.82) is 5.26 Å². The van der Waals surface area contributed by atoms with Crippen LogP contribution in [-0.2, 0) is 17.8 Å². The molecule has 0 saturated carbocycles. The molecule has 3 aromatic rings. The molecule has 0 unspecified atom stereocenters. The SMILES string of the molecule is C=CC(=O)N1CCN(c2nc(OC[C@H]3C[C@H](O)CN3C)nc3c2CCN(c2cccc4ccccc24)C3)C[C@@H]1CC#N. The maximum atomic E-state index is 12.5. The van der Waals surface area contributed by atoms with E-state index in [0.29, 0.717) is 51.8 Å². The van der Waals surface area contributed by atoms with Crippen LogP contribution in [-0.4, -0.2) is 95.3 Å². The molecular weight excluding hydrogens is 530 g/mol. The van der Waals surface area contributed by atoms with Crippen LogP contribution in [0.1, 0.15) is 24.1 Å². The molecule has 0 bridgehead atoms. The second-order valence-corrected chi connectivity index (χ2v) is 11.4. The summed E-state index contributed by atoms with van der Waals surface area (Å²) >= 11 is 0. The van der Waals surface area contributed by atoms with Crippen LogP contribution in [0, 0.1) is 11.3 Å². The van der Waals surface area contributed by atoms with Gasteiger partial charge in [0.2, 0.25) is 5.91 Å². The Balaban J connectivity index is 1.32. The van der Waals surface area contributed by atoms with Crippen LogP contribution in [0.2, 0.25) is 0 Å². The van der Waals surface area contributed by atoms with Crippen molar-refractivity contribution in [3.8, 4) is 12.1 Å². The van der Waals surface area contributed by atoms with Gasteiger partial charge in [-0.15, -0.1) is 0 Å². The van der Waals surface area contributed by atoms with Crippen LogP contribution in [0.3, 0.4) is 0 Å². The number of likely N-dealkylation sites (N-methyl/N-ethyl adjacent to an activating group) is 1. The molecule has 0 spiro atoms. The highest BCUT2D eigenvalue weighted by atomic mass is 16.5. The van der Waals surface area contributed by atoms with Crippen LogP contribution in [0.4, 0.5) is 11.5 Å². The Kier molecular flexibility index (Phi) is 7.96. The van der Waals surface area contributed by atoms with Crippen molar-refractivity contribution in [2.45, 2.75) is 44.0 Å². The van der Waals surface area contributed by atoms with E-state index < -0.39 is 0 Å². The molecule has 3 atom stereocenters. The number of anilines is 2. The Labute approximate surface area is 246 Å². The van der Waals surface area contributed by atoms with E-state index in [-0.39, 0.29) is 30.5 Å². The largest absolute Gasteiger partial charge is 0.462 e. The van der Waals surface area contributed by atoms with Gasteiger partial charge in [0, 0.05) is 55.4 Å². The summed E-state index contributed by atoms with van der Waals surface area (Å²) in [6, 6.07) is 17.2. The smallest absolute Gasteiger partial charge is 0.318 e. The summed E-state index contributed by atoms with van der Waals surface area (Å²) in [5.41, 5.74) is 3.19. The fourth-order valence-corrected chi connectivity index (χ4v) is 6.56. The highest BCUT2D eigenvalue weighted by Crippen LogP contribution is 2.35. The van der Waals surface area contributed by atoms with Crippen molar-refractivity contribution in [2.75, 3.05) is 56.2 Å². The van der Waals surface area contributed by atoms with Crippen LogP contribution < -0.4 is 14.5 Å². The second-order valence-electron chi connectivity index (χ2n) is 11.4. The second kappa shape index (κ2) is 12.0. The number of nitrogens with zero attached hydrogens (tertiary/aromatic N) is 7. The lowest BCUT2D eigenvalue weighted by Gasteiger charge is -2.42. The number of amides is 1. The molecule has 1 N–H and O–H groups in total. The average Bonchev–Trinajstić information content (AvgIpc) is 3.34. The zero-order chi connectivity index (χ0) is 29.2. The number of β-amino-alcohol motifs (C(OH)–C–C–N with tert-alkyl or cyclic N) is 1. The molecule has 6 rings (SSSR count). The predicted octanol–water partition coefficient (Wildman–Crippen LogP) is 2.75. The van der Waals surface area contributed by atoms with Crippen LogP contribution in [0.5, 0.6) is 6.01 Å². The molecule has 0 radical (unpaired) electrons. The van der Waals surface area contributed by atoms with E-state index in [4.69, 9.17) is 14.7 Å². The van der Waals surface area contributed by atoms with Crippen molar-refractivity contribution < 1.29 is 14.6 Å². The summed E-state index contributed by atoms with van der Waals surface area (Å²) in [7, 11) is 1.99. The number of benzene rings is 2. The van der Waals surface area contributed by atoms with Crippen molar-refractivity contribution >= 4 is 28.2 Å². The number of hydrogen-bond donors (Lipinski definition) is 1. The van der Waals surface area contributed by atoms with E-state index in [2.05, 4.69) is 69.8 Å². The average molecular weight is 568 g/mol. The number of aromatic nitrogens is 2. The van der Waals surface area contributed by atoms with Crippen LogP contribution in [0.15, 0.2) is 55.1 Å². The molecule has 4 heterocycles. The minimum absolute atomic E-state index is 0.0868. The van der Waals surface area contributed by atoms with Gasteiger partial charge in [-0.1, -0.05) is 43.0 Å². The van der Waals surface area contributed by atoms with E-state index in [1.807, 2.05) is 7.05 Å². The third kappa shape index (κ3) is 5.50. The molecule has 10 nitrogen and oxygen atoms in total. The Morgan fingerprint density at radius 1 is 1.12 bits per heavy atom. The first-order chi connectivity index (χ1) is 20.4. The van der Waals surface area contributed by atoms with Gasteiger partial charge in [-0.2, -0.15) is 15.2 Å². The summed E-state index contributed by atoms with van der Waals surface area (Å²) in [4.78, 5) is 30.8. The zero-order valence-corrected chi connectivity index (χ0v) is 24.0. The van der Waals surface area contributed by atoms with E-state index in [1.165, 1.54) is 22.5 Å². The Morgan fingerprint density at radius 3 is 2.74 bits per heavy atom. The molecule has 2 aromatic carbocycles. The van der Waals surface area contributed by atoms with Gasteiger partial charge in [0.05, 0.1) is 36.9 Å². The molecule has 218 valence electrons. The van der Waals surface area contributed by atoms with Crippen molar-refractivity contribution in [3.63, 3.8) is 0 Å².